The van der Waals surface area contributed by atoms with E-state index in [0.29, 0.717) is 31.2 Å². The first-order valence-corrected chi connectivity index (χ1v) is 10.7. The van der Waals surface area contributed by atoms with Gasteiger partial charge in [-0.05, 0) is 18.2 Å². The molecular formula is C15H18ClN5O3S2. The lowest BCUT2D eigenvalue weighted by atomic mass is 10.2. The predicted octanol–water partition coefficient (Wildman–Crippen LogP) is 2.05. The van der Waals surface area contributed by atoms with Gasteiger partial charge in [0.05, 0.1) is 0 Å². The normalized spacial score (nSPS) is 15.8. The summed E-state index contributed by atoms with van der Waals surface area (Å²) in [7, 11) is -3.72. The van der Waals surface area contributed by atoms with Crippen molar-refractivity contribution in [1.82, 2.24) is 14.5 Å². The second-order valence-corrected chi connectivity index (χ2v) is 9.17. The molecule has 2 aromatic rings. The van der Waals surface area contributed by atoms with E-state index < -0.39 is 10.0 Å². The first kappa shape index (κ1) is 19.0. The molecule has 1 amide bonds. The van der Waals surface area contributed by atoms with Gasteiger partial charge in [0.2, 0.25) is 15.4 Å². The Morgan fingerprint density at radius 1 is 1.27 bits per heavy atom. The lowest BCUT2D eigenvalue weighted by Crippen LogP contribution is -2.48. The molecule has 0 bridgehead atoms. The molecular weight excluding hydrogens is 398 g/mol. The Bertz CT molecular complexity index is 894. The highest BCUT2D eigenvalue weighted by Gasteiger charge is 2.31. The largest absolute Gasteiger partial charge is 0.369 e. The number of sulfonamides is 1. The van der Waals surface area contributed by atoms with Crippen LogP contribution in [0.15, 0.2) is 28.6 Å². The number of nitrogens with zero attached hydrogens (tertiary/aromatic N) is 4. The minimum absolute atomic E-state index is 0.111. The molecule has 1 aliphatic heterocycles. The van der Waals surface area contributed by atoms with E-state index in [4.69, 9.17) is 11.6 Å². The topological polar surface area (TPSA) is 95.5 Å². The van der Waals surface area contributed by atoms with Crippen LogP contribution in [0, 0.1) is 0 Å². The van der Waals surface area contributed by atoms with Crippen LogP contribution in [-0.2, 0) is 14.8 Å². The molecule has 1 N–H and O–H groups in total. The van der Waals surface area contributed by atoms with E-state index in [1.54, 1.807) is 13.0 Å². The number of hydrogen-bond donors (Lipinski definition) is 1. The second-order valence-electron chi connectivity index (χ2n) is 5.65. The summed E-state index contributed by atoms with van der Waals surface area (Å²) >= 11 is 6.88. The van der Waals surface area contributed by atoms with E-state index in [1.165, 1.54) is 4.31 Å². The SMILES string of the molecule is CCC(=O)Nc1nnc(S(=O)(=O)N2CCN(c3cccc(Cl)c3)CC2)s1. The van der Waals surface area contributed by atoms with Gasteiger partial charge in [-0.3, -0.25) is 4.79 Å². The van der Waals surface area contributed by atoms with Crippen LogP contribution in [0.2, 0.25) is 5.02 Å². The van der Waals surface area contributed by atoms with Crippen LogP contribution in [0.25, 0.3) is 0 Å². The van der Waals surface area contributed by atoms with Gasteiger partial charge in [0.15, 0.2) is 0 Å². The maximum absolute atomic E-state index is 12.7. The fourth-order valence-corrected chi connectivity index (χ4v) is 5.20. The van der Waals surface area contributed by atoms with E-state index >= 15 is 0 Å². The van der Waals surface area contributed by atoms with Crippen molar-refractivity contribution in [1.29, 1.82) is 0 Å². The number of benzene rings is 1. The molecule has 1 fully saturated rings. The Morgan fingerprint density at radius 3 is 2.65 bits per heavy atom. The van der Waals surface area contributed by atoms with Crippen molar-refractivity contribution in [3.8, 4) is 0 Å². The standard InChI is InChI=1S/C15H18ClN5O3S2/c1-2-13(22)17-14-18-19-15(25-14)26(23,24)21-8-6-20(7-9-21)12-5-3-4-11(16)10-12/h3-5,10H,2,6-9H2,1H3,(H,17,18,22). The zero-order chi connectivity index (χ0) is 18.7. The molecule has 0 spiro atoms. The Balaban J connectivity index is 1.67. The van der Waals surface area contributed by atoms with Gasteiger partial charge in [-0.2, -0.15) is 4.31 Å². The van der Waals surface area contributed by atoms with Gasteiger partial charge in [0.1, 0.15) is 0 Å². The summed E-state index contributed by atoms with van der Waals surface area (Å²) in [6.07, 6.45) is 0.285. The minimum atomic E-state index is -3.72. The number of carbonyl (C=O) groups excluding carboxylic acids is 1. The molecule has 26 heavy (non-hydrogen) atoms. The van der Waals surface area contributed by atoms with Crippen LogP contribution < -0.4 is 10.2 Å². The van der Waals surface area contributed by atoms with Crippen LogP contribution in [0.4, 0.5) is 10.8 Å². The molecule has 0 unspecified atom stereocenters. The van der Waals surface area contributed by atoms with Crippen molar-refractivity contribution >= 4 is 49.7 Å². The summed E-state index contributed by atoms with van der Waals surface area (Å²) in [4.78, 5) is 13.5. The van der Waals surface area contributed by atoms with Crippen LogP contribution in [-0.4, -0.2) is 55.0 Å². The summed E-state index contributed by atoms with van der Waals surface area (Å²) in [6, 6.07) is 7.48. The fourth-order valence-electron chi connectivity index (χ4n) is 2.54. The molecule has 1 aliphatic rings. The lowest BCUT2D eigenvalue weighted by molar-refractivity contribution is -0.115. The number of carbonyl (C=O) groups is 1. The monoisotopic (exact) mass is 415 g/mol. The average Bonchev–Trinajstić information content (AvgIpc) is 3.11. The predicted molar refractivity (Wildman–Crippen MR) is 101 cm³/mol. The average molecular weight is 416 g/mol. The molecule has 0 atom stereocenters. The van der Waals surface area contributed by atoms with E-state index in [2.05, 4.69) is 20.4 Å². The van der Waals surface area contributed by atoms with Gasteiger partial charge in [0.25, 0.3) is 10.0 Å². The van der Waals surface area contributed by atoms with E-state index in [9.17, 15) is 13.2 Å². The first-order chi connectivity index (χ1) is 12.4. The van der Waals surface area contributed by atoms with Gasteiger partial charge in [-0.25, -0.2) is 8.42 Å². The van der Waals surface area contributed by atoms with Crippen LogP contribution >= 0.6 is 22.9 Å². The quantitative estimate of drug-likeness (QED) is 0.751. The molecule has 1 aromatic heterocycles. The number of amides is 1. The Hall–Kier alpha value is -1.75. The van der Waals surface area contributed by atoms with Gasteiger partial charge in [-0.15, -0.1) is 10.2 Å². The summed E-state index contributed by atoms with van der Waals surface area (Å²) in [6.45, 7) is 3.49. The number of anilines is 2. The molecule has 0 radical (unpaired) electrons. The molecule has 11 heteroatoms. The van der Waals surface area contributed by atoms with Gasteiger partial charge in [-0.1, -0.05) is 35.9 Å². The maximum atomic E-state index is 12.7. The van der Waals surface area contributed by atoms with E-state index in [-0.39, 0.29) is 21.8 Å². The maximum Gasteiger partial charge on any atom is 0.272 e. The summed E-state index contributed by atoms with van der Waals surface area (Å²) < 4.78 is 26.7. The van der Waals surface area contributed by atoms with Crippen molar-refractivity contribution in [3.05, 3.63) is 29.3 Å². The third-order valence-electron chi connectivity index (χ3n) is 3.95. The molecule has 3 rings (SSSR count). The molecule has 8 nitrogen and oxygen atoms in total. The van der Waals surface area contributed by atoms with Crippen LogP contribution in [0.3, 0.4) is 0 Å². The number of aromatic nitrogens is 2. The molecule has 1 aromatic carbocycles. The smallest absolute Gasteiger partial charge is 0.272 e. The zero-order valence-electron chi connectivity index (χ0n) is 14.1. The summed E-state index contributed by atoms with van der Waals surface area (Å²) in [5, 5.41) is 10.8. The van der Waals surface area contributed by atoms with Crippen molar-refractivity contribution in [3.63, 3.8) is 0 Å². The third kappa shape index (κ3) is 4.14. The first-order valence-electron chi connectivity index (χ1n) is 8.04. The number of rotatable bonds is 5. The second kappa shape index (κ2) is 7.87. The van der Waals surface area contributed by atoms with Gasteiger partial charge >= 0.3 is 0 Å². The summed E-state index contributed by atoms with van der Waals surface area (Å²) in [5.41, 5.74) is 0.968. The molecule has 140 valence electrons. The minimum Gasteiger partial charge on any atom is -0.369 e. The molecule has 0 aliphatic carbocycles. The highest BCUT2D eigenvalue weighted by molar-refractivity contribution is 7.91. The lowest BCUT2D eigenvalue weighted by Gasteiger charge is -2.34. The number of nitrogens with one attached hydrogen (secondary N) is 1. The Kier molecular flexibility index (Phi) is 5.76. The van der Waals surface area contributed by atoms with Crippen molar-refractivity contribution in [2.24, 2.45) is 0 Å². The number of piperazine rings is 1. The van der Waals surface area contributed by atoms with Gasteiger partial charge in [0, 0.05) is 43.3 Å². The van der Waals surface area contributed by atoms with Crippen LogP contribution in [0.5, 0.6) is 0 Å². The van der Waals surface area contributed by atoms with E-state index in [1.807, 2.05) is 18.2 Å². The highest BCUT2D eigenvalue weighted by atomic mass is 35.5. The van der Waals surface area contributed by atoms with Crippen molar-refractivity contribution in [2.45, 2.75) is 17.7 Å². The van der Waals surface area contributed by atoms with Gasteiger partial charge < -0.3 is 10.2 Å². The molecule has 2 heterocycles. The van der Waals surface area contributed by atoms with E-state index in [0.717, 1.165) is 17.0 Å². The fraction of sp³-hybridized carbons (Fsp3) is 0.400. The van der Waals surface area contributed by atoms with Crippen molar-refractivity contribution in [2.75, 3.05) is 36.4 Å². The third-order valence-corrected chi connectivity index (χ3v) is 7.26. The Morgan fingerprint density at radius 2 is 2.00 bits per heavy atom. The molecule has 1 saturated heterocycles. The van der Waals surface area contributed by atoms with Crippen LogP contribution in [0.1, 0.15) is 13.3 Å². The number of halogens is 1. The zero-order valence-corrected chi connectivity index (χ0v) is 16.4. The Labute approximate surface area is 160 Å². The van der Waals surface area contributed by atoms with Crippen molar-refractivity contribution < 1.29 is 13.2 Å². The molecule has 0 saturated carbocycles. The summed E-state index contributed by atoms with van der Waals surface area (Å²) in [5.74, 6) is -0.236. The highest BCUT2D eigenvalue weighted by Crippen LogP contribution is 2.26. The number of hydrogen-bond acceptors (Lipinski definition) is 7.